The molecule has 39 heavy (non-hydrogen) atoms. The van der Waals surface area contributed by atoms with E-state index in [1.165, 1.54) is 6.07 Å². The molecule has 2 atom stereocenters. The van der Waals surface area contributed by atoms with Crippen molar-refractivity contribution in [3.63, 3.8) is 0 Å². The van der Waals surface area contributed by atoms with Gasteiger partial charge in [0, 0.05) is 13.1 Å². The number of benzene rings is 3. The molecule has 0 fully saturated rings. The molecule has 3 aromatic carbocycles. The molecule has 1 aliphatic heterocycles. The van der Waals surface area contributed by atoms with Gasteiger partial charge in [0.15, 0.2) is 11.6 Å². The Morgan fingerprint density at radius 3 is 2.05 bits per heavy atom. The van der Waals surface area contributed by atoms with E-state index in [0.29, 0.717) is 12.0 Å². The first-order chi connectivity index (χ1) is 18.5. The van der Waals surface area contributed by atoms with Crippen LogP contribution in [0.3, 0.4) is 0 Å². The van der Waals surface area contributed by atoms with Crippen molar-refractivity contribution < 1.29 is 33.1 Å². The summed E-state index contributed by atoms with van der Waals surface area (Å²) in [6.45, 7) is 3.51. The SMILES string of the molecule is CC(C)C[C@H](N[C@H](CCN1C(=O)c2cc3ccccc3cc2C1=O)C(=O)O)C(=O)NCc1ccc(F)c(F)c1. The number of aliphatic carboxylic acids is 1. The van der Waals surface area contributed by atoms with Gasteiger partial charge in [0.1, 0.15) is 6.04 Å². The van der Waals surface area contributed by atoms with E-state index >= 15 is 0 Å². The first kappa shape index (κ1) is 27.8. The van der Waals surface area contributed by atoms with Crippen molar-refractivity contribution in [2.45, 2.75) is 45.3 Å². The van der Waals surface area contributed by atoms with Gasteiger partial charge < -0.3 is 10.4 Å². The summed E-state index contributed by atoms with van der Waals surface area (Å²) < 4.78 is 26.7. The van der Waals surface area contributed by atoms with Crippen molar-refractivity contribution in [1.82, 2.24) is 15.5 Å². The van der Waals surface area contributed by atoms with Gasteiger partial charge in [0.25, 0.3) is 11.8 Å². The molecule has 0 radical (unpaired) electrons. The number of hydrogen-bond acceptors (Lipinski definition) is 5. The molecular weight excluding hydrogens is 508 g/mol. The van der Waals surface area contributed by atoms with Crippen molar-refractivity contribution in [3.8, 4) is 0 Å². The van der Waals surface area contributed by atoms with Crippen LogP contribution in [0.1, 0.15) is 53.0 Å². The molecule has 8 nitrogen and oxygen atoms in total. The number of fused-ring (bicyclic) bond motifs is 2. The smallest absolute Gasteiger partial charge is 0.320 e. The summed E-state index contributed by atoms with van der Waals surface area (Å²) >= 11 is 0. The average molecular weight is 538 g/mol. The molecule has 4 rings (SSSR count). The fourth-order valence-corrected chi connectivity index (χ4v) is 4.64. The third-order valence-corrected chi connectivity index (χ3v) is 6.65. The van der Waals surface area contributed by atoms with Gasteiger partial charge in [-0.25, -0.2) is 8.78 Å². The first-order valence-electron chi connectivity index (χ1n) is 12.6. The van der Waals surface area contributed by atoms with Crippen molar-refractivity contribution in [2.24, 2.45) is 5.92 Å². The average Bonchev–Trinajstić information content (AvgIpc) is 3.13. The number of imide groups is 1. The van der Waals surface area contributed by atoms with Gasteiger partial charge in [-0.1, -0.05) is 44.2 Å². The minimum atomic E-state index is -1.24. The molecule has 0 aliphatic carbocycles. The van der Waals surface area contributed by atoms with Gasteiger partial charge in [-0.2, -0.15) is 0 Å². The number of carboxylic acids is 1. The van der Waals surface area contributed by atoms with Crippen LogP contribution < -0.4 is 10.6 Å². The Morgan fingerprint density at radius 1 is 0.897 bits per heavy atom. The molecule has 1 aliphatic rings. The van der Waals surface area contributed by atoms with Gasteiger partial charge in [0.2, 0.25) is 5.91 Å². The van der Waals surface area contributed by atoms with E-state index in [0.717, 1.165) is 27.8 Å². The molecule has 3 aromatic rings. The summed E-state index contributed by atoms with van der Waals surface area (Å²) in [5, 5.41) is 17.0. The lowest BCUT2D eigenvalue weighted by Crippen LogP contribution is -2.52. The number of nitrogens with one attached hydrogen (secondary N) is 2. The maximum Gasteiger partial charge on any atom is 0.320 e. The van der Waals surface area contributed by atoms with Gasteiger partial charge in [-0.3, -0.25) is 29.4 Å². The summed E-state index contributed by atoms with van der Waals surface area (Å²) in [6.07, 6.45) is 0.179. The Morgan fingerprint density at radius 2 is 1.51 bits per heavy atom. The van der Waals surface area contributed by atoms with Gasteiger partial charge in [-0.05, 0) is 59.4 Å². The van der Waals surface area contributed by atoms with E-state index in [1.54, 1.807) is 12.1 Å². The van der Waals surface area contributed by atoms with Crippen LogP contribution in [0.5, 0.6) is 0 Å². The Hall–Kier alpha value is -4.18. The van der Waals surface area contributed by atoms with Crippen LogP contribution in [0.4, 0.5) is 8.78 Å². The van der Waals surface area contributed by atoms with E-state index in [9.17, 15) is 33.1 Å². The standard InChI is InChI=1S/C29H29F2N3O5/c1-16(2)11-25(26(35)32-15-17-7-8-22(30)23(31)12-17)33-24(29(38)39)9-10-34-27(36)20-13-18-5-3-4-6-19(18)14-21(20)28(34)37/h3-8,12-14,16,24-25,33H,9-11,15H2,1-2H3,(H,32,35)(H,38,39)/t24-,25+/m1/s1. The molecule has 3 N–H and O–H groups in total. The van der Waals surface area contributed by atoms with E-state index in [1.807, 2.05) is 38.1 Å². The fourth-order valence-electron chi connectivity index (χ4n) is 4.64. The summed E-state index contributed by atoms with van der Waals surface area (Å²) in [6, 6.07) is 11.8. The predicted octanol–water partition coefficient (Wildman–Crippen LogP) is 3.88. The van der Waals surface area contributed by atoms with Crippen molar-refractivity contribution in [2.75, 3.05) is 6.54 Å². The normalized spacial score (nSPS) is 14.5. The highest BCUT2D eigenvalue weighted by atomic mass is 19.2. The Bertz CT molecular complexity index is 1390. The quantitative estimate of drug-likeness (QED) is 0.320. The van der Waals surface area contributed by atoms with Gasteiger partial charge in [0.05, 0.1) is 17.2 Å². The highest BCUT2D eigenvalue weighted by molar-refractivity contribution is 6.23. The number of nitrogens with zero attached hydrogens (tertiary/aromatic N) is 1. The van der Waals surface area contributed by atoms with Crippen molar-refractivity contribution >= 4 is 34.5 Å². The zero-order chi connectivity index (χ0) is 28.3. The van der Waals surface area contributed by atoms with Crippen LogP contribution in [0.25, 0.3) is 10.8 Å². The van der Waals surface area contributed by atoms with Crippen LogP contribution in [-0.2, 0) is 16.1 Å². The number of halogens is 2. The highest BCUT2D eigenvalue weighted by Gasteiger charge is 2.37. The van der Waals surface area contributed by atoms with Crippen LogP contribution in [0.2, 0.25) is 0 Å². The maximum atomic E-state index is 13.5. The summed E-state index contributed by atoms with van der Waals surface area (Å²) in [5.41, 5.74) is 0.888. The van der Waals surface area contributed by atoms with Gasteiger partial charge >= 0.3 is 5.97 Å². The van der Waals surface area contributed by atoms with E-state index in [2.05, 4.69) is 10.6 Å². The predicted molar refractivity (Wildman–Crippen MR) is 140 cm³/mol. The lowest BCUT2D eigenvalue weighted by atomic mass is 10.0. The Balaban J connectivity index is 1.43. The third kappa shape index (κ3) is 6.28. The van der Waals surface area contributed by atoms with Crippen LogP contribution in [-0.4, -0.2) is 52.3 Å². The Labute approximate surface area is 224 Å². The minimum Gasteiger partial charge on any atom is -0.480 e. The summed E-state index contributed by atoms with van der Waals surface area (Å²) in [5.74, 6) is -4.74. The second kappa shape index (κ2) is 11.7. The van der Waals surface area contributed by atoms with Crippen LogP contribution in [0, 0.1) is 17.6 Å². The van der Waals surface area contributed by atoms with Crippen molar-refractivity contribution in [3.05, 3.63) is 82.9 Å². The maximum absolute atomic E-state index is 13.5. The number of carboxylic acid groups (broad SMARTS) is 1. The number of amides is 3. The summed E-state index contributed by atoms with van der Waals surface area (Å²) in [7, 11) is 0. The molecule has 0 unspecified atom stereocenters. The lowest BCUT2D eigenvalue weighted by Gasteiger charge is -2.25. The number of rotatable bonds is 11. The minimum absolute atomic E-state index is 0.0244. The molecule has 0 bridgehead atoms. The molecule has 0 saturated carbocycles. The zero-order valence-corrected chi connectivity index (χ0v) is 21.5. The molecule has 204 valence electrons. The second-order valence-electron chi connectivity index (χ2n) is 10.0. The zero-order valence-electron chi connectivity index (χ0n) is 21.5. The molecule has 3 amide bonds. The molecule has 10 heteroatoms. The molecule has 0 saturated heterocycles. The Kier molecular flexibility index (Phi) is 8.35. The third-order valence-electron chi connectivity index (χ3n) is 6.65. The number of carbonyl (C=O) groups is 4. The fraction of sp³-hybridized carbons (Fsp3) is 0.310. The van der Waals surface area contributed by atoms with Crippen LogP contribution >= 0.6 is 0 Å². The first-order valence-corrected chi connectivity index (χ1v) is 12.6. The van der Waals surface area contributed by atoms with E-state index in [-0.39, 0.29) is 36.6 Å². The highest BCUT2D eigenvalue weighted by Crippen LogP contribution is 2.28. The molecule has 1 heterocycles. The van der Waals surface area contributed by atoms with Crippen molar-refractivity contribution in [1.29, 1.82) is 0 Å². The lowest BCUT2D eigenvalue weighted by molar-refractivity contribution is -0.140. The largest absolute Gasteiger partial charge is 0.480 e. The summed E-state index contributed by atoms with van der Waals surface area (Å²) in [4.78, 5) is 52.0. The number of carbonyl (C=O) groups excluding carboxylic acids is 3. The van der Waals surface area contributed by atoms with Crippen LogP contribution in [0.15, 0.2) is 54.6 Å². The van der Waals surface area contributed by atoms with E-state index in [4.69, 9.17) is 0 Å². The molecule has 0 aromatic heterocycles. The topological polar surface area (TPSA) is 116 Å². The monoisotopic (exact) mass is 537 g/mol. The molecule has 0 spiro atoms. The number of hydrogen-bond donors (Lipinski definition) is 3. The second-order valence-corrected chi connectivity index (χ2v) is 10.0. The van der Waals surface area contributed by atoms with E-state index < -0.39 is 47.4 Å². The van der Waals surface area contributed by atoms with Gasteiger partial charge in [-0.15, -0.1) is 0 Å². The molecular formula is C29H29F2N3O5.